The van der Waals surface area contributed by atoms with E-state index < -0.39 is 0 Å². The zero-order valence-corrected chi connectivity index (χ0v) is 13.8. The number of carbonyl (C=O) groups is 1. The Morgan fingerprint density at radius 3 is 3.00 bits per heavy atom. The molecule has 1 amide bonds. The van der Waals surface area contributed by atoms with Crippen LogP contribution in [-0.2, 0) is 10.5 Å². The second kappa shape index (κ2) is 6.95. The van der Waals surface area contributed by atoms with Crippen molar-refractivity contribution in [1.82, 2.24) is 5.16 Å². The summed E-state index contributed by atoms with van der Waals surface area (Å²) in [4.78, 5) is 12.2. The number of anilines is 1. The number of thioether (sulfide) groups is 1. The van der Waals surface area contributed by atoms with E-state index in [4.69, 9.17) is 14.0 Å². The number of nitrogens with zero attached hydrogens (tertiary/aromatic N) is 1. The monoisotopic (exact) mass is 334 g/mol. The number of aryl methyl sites for hydroxylation is 1. The summed E-state index contributed by atoms with van der Waals surface area (Å²) in [6.45, 7) is 4.78. The Bertz CT molecular complexity index is 701. The summed E-state index contributed by atoms with van der Waals surface area (Å²) in [5.41, 5.74) is 1.76. The average Bonchev–Trinajstić information content (AvgIpc) is 2.97. The molecule has 1 aromatic carbocycles. The van der Waals surface area contributed by atoms with Crippen LogP contribution < -0.4 is 14.8 Å². The van der Waals surface area contributed by atoms with Crippen LogP contribution in [0.3, 0.4) is 0 Å². The molecule has 0 spiro atoms. The van der Waals surface area contributed by atoms with Crippen molar-refractivity contribution in [2.75, 3.05) is 18.5 Å². The number of rotatable bonds is 5. The van der Waals surface area contributed by atoms with Gasteiger partial charge in [0.25, 0.3) is 0 Å². The van der Waals surface area contributed by atoms with Crippen molar-refractivity contribution < 1.29 is 18.8 Å². The molecule has 1 N–H and O–H groups in total. The molecule has 7 heteroatoms. The number of ether oxygens (including phenoxy) is 2. The number of para-hydroxylation sites is 1. The number of hydrogen-bond donors (Lipinski definition) is 1. The minimum absolute atomic E-state index is 0.117. The number of fused-ring (bicyclic) bond motifs is 1. The van der Waals surface area contributed by atoms with Crippen molar-refractivity contribution in [2.45, 2.75) is 24.9 Å². The van der Waals surface area contributed by atoms with Gasteiger partial charge in [-0.3, -0.25) is 10.1 Å². The molecule has 122 valence electrons. The van der Waals surface area contributed by atoms with Crippen molar-refractivity contribution in [3.05, 3.63) is 35.5 Å². The van der Waals surface area contributed by atoms with Gasteiger partial charge in [0.2, 0.25) is 11.8 Å². The highest BCUT2D eigenvalue weighted by Gasteiger charge is 2.19. The zero-order chi connectivity index (χ0) is 16.2. The van der Waals surface area contributed by atoms with Crippen molar-refractivity contribution in [1.29, 1.82) is 0 Å². The Balaban J connectivity index is 1.58. The van der Waals surface area contributed by atoms with Crippen LogP contribution in [0.15, 0.2) is 28.8 Å². The van der Waals surface area contributed by atoms with Gasteiger partial charge in [-0.05, 0) is 19.9 Å². The van der Waals surface area contributed by atoms with Gasteiger partial charge in [0.05, 0.1) is 10.9 Å². The summed E-state index contributed by atoms with van der Waals surface area (Å²) in [5, 5.41) is 6.22. The van der Waals surface area contributed by atoms with Crippen LogP contribution in [-0.4, -0.2) is 29.5 Å². The van der Waals surface area contributed by atoms with E-state index in [9.17, 15) is 4.79 Å². The fourth-order valence-corrected chi connectivity index (χ4v) is 3.05. The summed E-state index contributed by atoms with van der Waals surface area (Å²) in [7, 11) is 0. The van der Waals surface area contributed by atoms with Crippen LogP contribution in [0.25, 0.3) is 0 Å². The number of amides is 1. The largest absolute Gasteiger partial charge is 0.486 e. The Morgan fingerprint density at radius 2 is 2.22 bits per heavy atom. The quantitative estimate of drug-likeness (QED) is 0.906. The lowest BCUT2D eigenvalue weighted by Crippen LogP contribution is -2.22. The van der Waals surface area contributed by atoms with E-state index in [1.807, 2.05) is 25.1 Å². The third-order valence-corrected chi connectivity index (χ3v) is 4.57. The van der Waals surface area contributed by atoms with Crippen molar-refractivity contribution in [3.8, 4) is 11.5 Å². The lowest BCUT2D eigenvalue weighted by Gasteiger charge is -2.21. The molecular weight excluding hydrogens is 316 g/mol. The van der Waals surface area contributed by atoms with Gasteiger partial charge >= 0.3 is 0 Å². The molecule has 1 aliphatic heterocycles. The van der Waals surface area contributed by atoms with Gasteiger partial charge in [-0.25, -0.2) is 0 Å². The Hall–Kier alpha value is -2.15. The minimum atomic E-state index is -0.235. The fraction of sp³-hybridized carbons (Fsp3) is 0.375. The van der Waals surface area contributed by atoms with E-state index in [1.165, 1.54) is 11.8 Å². The van der Waals surface area contributed by atoms with Gasteiger partial charge in [-0.2, -0.15) is 0 Å². The summed E-state index contributed by atoms with van der Waals surface area (Å²) in [6, 6.07) is 7.51. The molecule has 3 rings (SSSR count). The first-order valence-corrected chi connectivity index (χ1v) is 8.41. The third kappa shape index (κ3) is 3.79. The van der Waals surface area contributed by atoms with Crippen LogP contribution in [0.2, 0.25) is 0 Å². The summed E-state index contributed by atoms with van der Waals surface area (Å²) < 4.78 is 16.2. The third-order valence-electron chi connectivity index (χ3n) is 3.38. The van der Waals surface area contributed by atoms with Gasteiger partial charge in [0.1, 0.15) is 13.2 Å². The maximum absolute atomic E-state index is 12.2. The molecule has 0 saturated heterocycles. The lowest BCUT2D eigenvalue weighted by molar-refractivity contribution is -0.115. The Kier molecular flexibility index (Phi) is 4.76. The van der Waals surface area contributed by atoms with Crippen LogP contribution in [0.5, 0.6) is 11.5 Å². The second-order valence-corrected chi connectivity index (χ2v) is 6.55. The molecule has 23 heavy (non-hydrogen) atoms. The normalized spacial score (nSPS) is 14.3. The SMILES string of the molecule is Cc1cc(NC(=O)C(C)SCc2cccc3c2OCCO3)on1. The van der Waals surface area contributed by atoms with Crippen LogP contribution >= 0.6 is 11.8 Å². The van der Waals surface area contributed by atoms with E-state index in [-0.39, 0.29) is 11.2 Å². The van der Waals surface area contributed by atoms with E-state index in [2.05, 4.69) is 10.5 Å². The molecular formula is C16H18N2O4S. The summed E-state index contributed by atoms with van der Waals surface area (Å²) in [5.74, 6) is 2.46. The van der Waals surface area contributed by atoms with E-state index in [0.717, 1.165) is 22.8 Å². The van der Waals surface area contributed by atoms with E-state index >= 15 is 0 Å². The minimum Gasteiger partial charge on any atom is -0.486 e. The predicted molar refractivity (Wildman–Crippen MR) is 88.1 cm³/mol. The molecule has 1 atom stereocenters. The average molecular weight is 334 g/mol. The van der Waals surface area contributed by atoms with Crippen molar-refractivity contribution in [2.24, 2.45) is 0 Å². The van der Waals surface area contributed by atoms with Crippen molar-refractivity contribution in [3.63, 3.8) is 0 Å². The molecule has 0 aliphatic carbocycles. The van der Waals surface area contributed by atoms with Gasteiger partial charge in [0, 0.05) is 17.4 Å². The fourth-order valence-electron chi connectivity index (χ4n) is 2.18. The number of benzene rings is 1. The maximum Gasteiger partial charge on any atom is 0.239 e. The first kappa shape index (κ1) is 15.7. The molecule has 2 aromatic rings. The number of nitrogens with one attached hydrogen (secondary N) is 1. The summed E-state index contributed by atoms with van der Waals surface area (Å²) in [6.07, 6.45) is 0. The summed E-state index contributed by atoms with van der Waals surface area (Å²) >= 11 is 1.53. The van der Waals surface area contributed by atoms with Crippen LogP contribution in [0.4, 0.5) is 5.88 Å². The first-order valence-electron chi connectivity index (χ1n) is 7.37. The molecule has 2 heterocycles. The molecule has 6 nitrogen and oxygen atoms in total. The molecule has 0 bridgehead atoms. The molecule has 1 aromatic heterocycles. The maximum atomic E-state index is 12.2. The highest BCUT2D eigenvalue weighted by molar-refractivity contribution is 7.99. The van der Waals surface area contributed by atoms with E-state index in [0.29, 0.717) is 24.9 Å². The second-order valence-electron chi connectivity index (χ2n) is 5.22. The highest BCUT2D eigenvalue weighted by Crippen LogP contribution is 2.36. The number of hydrogen-bond acceptors (Lipinski definition) is 6. The van der Waals surface area contributed by atoms with Gasteiger partial charge in [-0.15, -0.1) is 11.8 Å². The number of aromatic nitrogens is 1. The smallest absolute Gasteiger partial charge is 0.239 e. The van der Waals surface area contributed by atoms with Gasteiger partial charge < -0.3 is 14.0 Å². The molecule has 0 radical (unpaired) electrons. The lowest BCUT2D eigenvalue weighted by atomic mass is 10.2. The van der Waals surface area contributed by atoms with Gasteiger partial charge in [0.15, 0.2) is 11.5 Å². The number of carbonyl (C=O) groups excluding carboxylic acids is 1. The Labute approximate surface area is 138 Å². The molecule has 1 unspecified atom stereocenters. The first-order chi connectivity index (χ1) is 11.1. The molecule has 0 saturated carbocycles. The van der Waals surface area contributed by atoms with Crippen molar-refractivity contribution >= 4 is 23.6 Å². The van der Waals surface area contributed by atoms with Gasteiger partial charge in [-0.1, -0.05) is 17.3 Å². The standard InChI is InChI=1S/C16H18N2O4S/c1-10-8-14(22-18-10)17-16(19)11(2)23-9-12-4-3-5-13-15(12)21-7-6-20-13/h3-5,8,11H,6-7,9H2,1-2H3,(H,17,19). The topological polar surface area (TPSA) is 73.6 Å². The van der Waals surface area contributed by atoms with Crippen LogP contribution in [0.1, 0.15) is 18.2 Å². The molecule has 1 aliphatic rings. The predicted octanol–water partition coefficient (Wildman–Crippen LogP) is 3.01. The zero-order valence-electron chi connectivity index (χ0n) is 13.0. The van der Waals surface area contributed by atoms with Crippen LogP contribution in [0, 0.1) is 6.92 Å². The highest BCUT2D eigenvalue weighted by atomic mass is 32.2. The van der Waals surface area contributed by atoms with E-state index in [1.54, 1.807) is 13.0 Å². The Morgan fingerprint density at radius 1 is 1.39 bits per heavy atom. The molecule has 0 fully saturated rings.